The summed E-state index contributed by atoms with van der Waals surface area (Å²) in [6.45, 7) is 8.02. The van der Waals surface area contributed by atoms with Gasteiger partial charge in [-0.05, 0) is 27.2 Å². The molecule has 0 radical (unpaired) electrons. The van der Waals surface area contributed by atoms with Crippen LogP contribution in [0, 0.1) is 5.41 Å². The quantitative estimate of drug-likeness (QED) is 0.443. The third kappa shape index (κ3) is 7.67. The molecule has 1 aliphatic heterocycles. The van der Waals surface area contributed by atoms with Gasteiger partial charge in [-0.2, -0.15) is 8.42 Å². The minimum atomic E-state index is -3.63. The first-order chi connectivity index (χ1) is 15.8. The average Bonchev–Trinajstić information content (AvgIpc) is 2.75. The first kappa shape index (κ1) is 25.9. The summed E-state index contributed by atoms with van der Waals surface area (Å²) in [6, 6.07) is 19.5. The van der Waals surface area contributed by atoms with Crippen molar-refractivity contribution in [3.63, 3.8) is 0 Å². The molecule has 2 aromatic carbocycles. The molecule has 1 fully saturated rings. The Bertz CT molecular complexity index is 1070. The van der Waals surface area contributed by atoms with Crippen LogP contribution in [0.3, 0.4) is 0 Å². The summed E-state index contributed by atoms with van der Waals surface area (Å²) in [5, 5.41) is 0. The summed E-state index contributed by atoms with van der Waals surface area (Å²) in [5.41, 5.74) is 1.50. The first-order valence-corrected chi connectivity index (χ1v) is 13.2. The van der Waals surface area contributed by atoms with E-state index in [1.54, 1.807) is 4.90 Å². The van der Waals surface area contributed by atoms with E-state index in [0.717, 1.165) is 23.1 Å². The monoisotopic (exact) mass is 486 g/mol. The lowest BCUT2D eigenvalue weighted by molar-refractivity contribution is -0.00421. The van der Waals surface area contributed by atoms with Crippen LogP contribution >= 0.6 is 0 Å². The number of benzene rings is 2. The van der Waals surface area contributed by atoms with E-state index in [0.29, 0.717) is 19.5 Å². The fourth-order valence-electron chi connectivity index (χ4n) is 4.07. The Balaban J connectivity index is 1.98. The van der Waals surface area contributed by atoms with Crippen molar-refractivity contribution in [3.8, 4) is 0 Å². The van der Waals surface area contributed by atoms with Crippen molar-refractivity contribution in [2.45, 2.75) is 45.8 Å². The van der Waals surface area contributed by atoms with Crippen molar-refractivity contribution in [2.75, 3.05) is 26.0 Å². The van der Waals surface area contributed by atoms with E-state index in [9.17, 15) is 13.2 Å². The van der Waals surface area contributed by atoms with Gasteiger partial charge in [0.25, 0.3) is 10.1 Å². The molecule has 0 N–H and O–H groups in total. The van der Waals surface area contributed by atoms with Gasteiger partial charge in [-0.25, -0.2) is 4.79 Å². The van der Waals surface area contributed by atoms with Gasteiger partial charge < -0.3 is 9.64 Å². The van der Waals surface area contributed by atoms with Crippen molar-refractivity contribution in [2.24, 2.45) is 10.4 Å². The molecule has 34 heavy (non-hydrogen) atoms. The minimum Gasteiger partial charge on any atom is -0.444 e. The number of hydrogen-bond donors (Lipinski definition) is 0. The molecule has 3 rings (SSSR count). The van der Waals surface area contributed by atoms with Gasteiger partial charge in [0.05, 0.1) is 24.6 Å². The summed E-state index contributed by atoms with van der Waals surface area (Å²) in [4.78, 5) is 19.7. The van der Waals surface area contributed by atoms with Crippen molar-refractivity contribution < 1.29 is 22.1 Å². The van der Waals surface area contributed by atoms with E-state index >= 15 is 0 Å². The van der Waals surface area contributed by atoms with Crippen LogP contribution in [0.2, 0.25) is 0 Å². The molecule has 0 aromatic heterocycles. The maximum absolute atomic E-state index is 13.0. The molecule has 184 valence electrons. The zero-order valence-electron chi connectivity index (χ0n) is 20.5. The molecule has 2 unspecified atom stereocenters. The van der Waals surface area contributed by atoms with Gasteiger partial charge in [0, 0.05) is 29.6 Å². The highest BCUT2D eigenvalue weighted by molar-refractivity contribution is 7.85. The summed E-state index contributed by atoms with van der Waals surface area (Å²) in [7, 11) is -3.63. The molecular formula is C26H34N2O5S. The van der Waals surface area contributed by atoms with Crippen LogP contribution in [0.1, 0.15) is 45.2 Å². The molecule has 1 aliphatic rings. The second kappa shape index (κ2) is 10.3. The predicted octanol–water partition coefficient (Wildman–Crippen LogP) is 4.52. The normalized spacial score (nSPS) is 21.1. The third-order valence-corrected chi connectivity index (χ3v) is 5.96. The Hall–Kier alpha value is -2.71. The van der Waals surface area contributed by atoms with Gasteiger partial charge in [0.1, 0.15) is 5.60 Å². The number of amides is 1. The number of likely N-dealkylation sites (tertiary alicyclic amines) is 1. The Labute approximate surface area is 202 Å². The number of carbonyl (C=O) groups is 1. The number of ether oxygens (including phenoxy) is 1. The topological polar surface area (TPSA) is 85.3 Å². The van der Waals surface area contributed by atoms with Crippen LogP contribution in [-0.2, 0) is 19.0 Å². The van der Waals surface area contributed by atoms with E-state index in [2.05, 4.69) is 0 Å². The molecule has 7 nitrogen and oxygen atoms in total. The molecule has 2 atom stereocenters. The fraction of sp³-hybridized carbons (Fsp3) is 0.462. The number of nitrogens with zero attached hydrogens (tertiary/aromatic N) is 2. The maximum atomic E-state index is 13.0. The van der Waals surface area contributed by atoms with E-state index in [4.69, 9.17) is 13.9 Å². The van der Waals surface area contributed by atoms with Crippen molar-refractivity contribution in [3.05, 3.63) is 71.8 Å². The summed E-state index contributed by atoms with van der Waals surface area (Å²) in [5.74, 6) is 0. The first-order valence-electron chi connectivity index (χ1n) is 11.3. The lowest BCUT2D eigenvalue weighted by Gasteiger charge is -2.43. The van der Waals surface area contributed by atoms with Crippen molar-refractivity contribution in [1.29, 1.82) is 0 Å². The fourth-order valence-corrected chi connectivity index (χ4v) is 4.57. The number of hydrogen-bond acceptors (Lipinski definition) is 6. The number of carbonyl (C=O) groups excluding carboxylic acids is 1. The Morgan fingerprint density at radius 3 is 2.06 bits per heavy atom. The number of rotatable bonds is 6. The molecule has 0 bridgehead atoms. The second-order valence-corrected chi connectivity index (χ2v) is 11.8. The lowest BCUT2D eigenvalue weighted by atomic mass is 9.80. The molecule has 1 amide bonds. The zero-order valence-corrected chi connectivity index (χ0v) is 21.3. The highest BCUT2D eigenvalue weighted by atomic mass is 32.2. The van der Waals surface area contributed by atoms with Gasteiger partial charge in [0.2, 0.25) is 0 Å². The molecule has 8 heteroatoms. The standard InChI is InChI=1S/C26H34N2O5S/c1-25(2,3)33-24(29)28-17-22(16-26(4,18-28)19-32-34(5,30)31)27-23(20-12-8-6-9-13-20)21-14-10-7-11-15-21/h6-15,22H,16-19H2,1-5H3. The molecule has 0 saturated carbocycles. The van der Waals surface area contributed by atoms with Crippen LogP contribution in [-0.4, -0.2) is 62.7 Å². The average molecular weight is 487 g/mol. The molecule has 2 aromatic rings. The minimum absolute atomic E-state index is 0.0385. The Morgan fingerprint density at radius 1 is 1.06 bits per heavy atom. The highest BCUT2D eigenvalue weighted by Gasteiger charge is 2.40. The molecule has 1 saturated heterocycles. The smallest absolute Gasteiger partial charge is 0.410 e. The maximum Gasteiger partial charge on any atom is 0.410 e. The zero-order chi connectivity index (χ0) is 25.0. The van der Waals surface area contributed by atoms with E-state index < -0.39 is 27.2 Å². The van der Waals surface area contributed by atoms with Gasteiger partial charge in [0.15, 0.2) is 0 Å². The molecule has 1 heterocycles. The van der Waals surface area contributed by atoms with Gasteiger partial charge in [-0.3, -0.25) is 9.18 Å². The van der Waals surface area contributed by atoms with Gasteiger partial charge in [-0.15, -0.1) is 0 Å². The summed E-state index contributed by atoms with van der Waals surface area (Å²) < 4.78 is 34.2. The Kier molecular flexibility index (Phi) is 7.83. The molecule has 0 aliphatic carbocycles. The highest BCUT2D eigenvalue weighted by Crippen LogP contribution is 2.33. The molecular weight excluding hydrogens is 452 g/mol. The van der Waals surface area contributed by atoms with Crippen molar-refractivity contribution >= 4 is 21.9 Å². The van der Waals surface area contributed by atoms with E-state index in [-0.39, 0.29) is 12.6 Å². The van der Waals surface area contributed by atoms with Crippen LogP contribution in [0.15, 0.2) is 65.7 Å². The lowest BCUT2D eigenvalue weighted by Crippen LogP contribution is -2.53. The van der Waals surface area contributed by atoms with Gasteiger partial charge >= 0.3 is 6.09 Å². The number of piperidine rings is 1. The van der Waals surface area contributed by atoms with Gasteiger partial charge in [-0.1, -0.05) is 67.6 Å². The predicted molar refractivity (Wildman–Crippen MR) is 134 cm³/mol. The summed E-state index contributed by atoms with van der Waals surface area (Å²) >= 11 is 0. The third-order valence-electron chi connectivity index (χ3n) is 5.41. The number of aliphatic imine (C=N–C) groups is 1. The van der Waals surface area contributed by atoms with Crippen molar-refractivity contribution in [1.82, 2.24) is 4.90 Å². The Morgan fingerprint density at radius 2 is 1.59 bits per heavy atom. The molecule has 0 spiro atoms. The largest absolute Gasteiger partial charge is 0.444 e. The van der Waals surface area contributed by atoms with E-state index in [1.165, 1.54) is 0 Å². The van der Waals surface area contributed by atoms with E-state index in [1.807, 2.05) is 88.4 Å². The van der Waals surface area contributed by atoms with Crippen LogP contribution in [0.4, 0.5) is 4.79 Å². The van der Waals surface area contributed by atoms with Crippen LogP contribution in [0.25, 0.3) is 0 Å². The van der Waals surface area contributed by atoms with Crippen LogP contribution < -0.4 is 0 Å². The summed E-state index contributed by atoms with van der Waals surface area (Å²) in [6.07, 6.45) is 1.15. The SMILES string of the molecule is CC1(COS(C)(=O)=O)CC(N=C(c2ccccc2)c2ccccc2)CN(C(=O)OC(C)(C)C)C1. The van der Waals surface area contributed by atoms with Crippen LogP contribution in [0.5, 0.6) is 0 Å². The second-order valence-electron chi connectivity index (χ2n) is 10.2.